The molecule has 1 N–H and O–H groups in total. The zero-order valence-electron chi connectivity index (χ0n) is 11.0. The maximum absolute atomic E-state index is 4.10. The van der Waals surface area contributed by atoms with Gasteiger partial charge in [0.2, 0.25) is 0 Å². The molecule has 0 saturated carbocycles. The number of rotatable bonds is 1. The average molecular weight is 228 g/mol. The topological polar surface area (TPSA) is 28.7 Å². The molecule has 2 heteroatoms. The smallest absolute Gasteiger partial charge is 0.0651 e. The molecule has 2 aromatic heterocycles. The number of pyridine rings is 1. The fraction of sp³-hybridized carbons (Fsp3) is 0.267. The minimum atomic E-state index is 1.08. The summed E-state index contributed by atoms with van der Waals surface area (Å²) < 4.78 is 0. The van der Waals surface area contributed by atoms with Gasteiger partial charge >= 0.3 is 0 Å². The first-order valence-electron chi connectivity index (χ1n) is 6.08. The zero-order chi connectivity index (χ0) is 12.7. The molecule has 0 radical (unpaired) electrons. The number of H-pyrrole nitrogens is 1. The lowest BCUT2D eigenvalue weighted by molar-refractivity contribution is 1.31. The molecule has 2 aromatic rings. The second kappa shape index (κ2) is 6.69. The summed E-state index contributed by atoms with van der Waals surface area (Å²) in [6.07, 6.45) is 11.9. The Labute approximate surface area is 102 Å². The molecule has 2 rings (SSSR count). The van der Waals surface area contributed by atoms with Crippen LogP contribution in [0.4, 0.5) is 0 Å². The van der Waals surface area contributed by atoms with Crippen molar-refractivity contribution in [1.82, 2.24) is 9.97 Å². The quantitative estimate of drug-likeness (QED) is 0.799. The maximum Gasteiger partial charge on any atom is 0.0651 e. The standard InChI is InChI=1S/C13H14N2.C2H6/c1-3-5-6-12-10(4-2)11-7-8-14-9-13(11)15-12;1-2/h3-9,15H,1-2H3;1-2H3/b5-3-,10-4-,12-6+;. The number of fused-ring (bicyclic) bond motifs is 1. The first-order chi connectivity index (χ1) is 8.36. The molecule has 0 aliphatic rings. The van der Waals surface area contributed by atoms with Crippen molar-refractivity contribution in [2.45, 2.75) is 27.7 Å². The molecule has 0 bridgehead atoms. The van der Waals surface area contributed by atoms with E-state index in [9.17, 15) is 0 Å². The SMILES string of the molecule is CC.C\C=C/C=c1/[nH]c2cnccc2/c1=C/C. The van der Waals surface area contributed by atoms with Gasteiger partial charge in [0.1, 0.15) is 0 Å². The summed E-state index contributed by atoms with van der Waals surface area (Å²) in [6.45, 7) is 8.06. The van der Waals surface area contributed by atoms with Crippen molar-refractivity contribution < 1.29 is 0 Å². The number of hydrogen-bond acceptors (Lipinski definition) is 1. The van der Waals surface area contributed by atoms with Crippen molar-refractivity contribution in [2.75, 3.05) is 0 Å². The van der Waals surface area contributed by atoms with Gasteiger partial charge < -0.3 is 4.98 Å². The van der Waals surface area contributed by atoms with Crippen LogP contribution in [0.5, 0.6) is 0 Å². The van der Waals surface area contributed by atoms with Crippen LogP contribution in [0.2, 0.25) is 0 Å². The third-order valence-electron chi connectivity index (χ3n) is 2.41. The number of aromatic amines is 1. The van der Waals surface area contributed by atoms with Crippen molar-refractivity contribution in [1.29, 1.82) is 0 Å². The van der Waals surface area contributed by atoms with Gasteiger partial charge in [0, 0.05) is 22.2 Å². The fourth-order valence-corrected chi connectivity index (χ4v) is 1.72. The van der Waals surface area contributed by atoms with Crippen LogP contribution in [0.15, 0.2) is 30.6 Å². The molecule has 2 heterocycles. The Kier molecular flexibility index (Phi) is 5.21. The van der Waals surface area contributed by atoms with Crippen molar-refractivity contribution in [2.24, 2.45) is 0 Å². The lowest BCUT2D eigenvalue weighted by Crippen LogP contribution is -2.21. The Balaban J connectivity index is 0.000000686. The number of nitrogens with one attached hydrogen (secondary N) is 1. The molecular formula is C15H20N2. The Hall–Kier alpha value is -1.83. The van der Waals surface area contributed by atoms with Crippen LogP contribution in [0.25, 0.3) is 23.1 Å². The van der Waals surface area contributed by atoms with Crippen molar-refractivity contribution in [3.8, 4) is 0 Å². The summed E-state index contributed by atoms with van der Waals surface area (Å²) in [5.74, 6) is 0. The summed E-state index contributed by atoms with van der Waals surface area (Å²) in [5, 5.41) is 3.60. The van der Waals surface area contributed by atoms with E-state index in [1.807, 2.05) is 51.4 Å². The molecule has 0 amide bonds. The van der Waals surface area contributed by atoms with E-state index in [0.717, 1.165) is 10.9 Å². The van der Waals surface area contributed by atoms with E-state index in [1.54, 1.807) is 0 Å². The molecule has 17 heavy (non-hydrogen) atoms. The van der Waals surface area contributed by atoms with Gasteiger partial charge in [-0.2, -0.15) is 0 Å². The predicted molar refractivity (Wildman–Crippen MR) is 76.1 cm³/mol. The summed E-state index contributed by atoms with van der Waals surface area (Å²) in [5.41, 5.74) is 1.08. The van der Waals surface area contributed by atoms with Crippen LogP contribution in [0, 0.1) is 0 Å². The van der Waals surface area contributed by atoms with Crippen LogP contribution in [-0.4, -0.2) is 9.97 Å². The van der Waals surface area contributed by atoms with Gasteiger partial charge in [-0.1, -0.05) is 32.1 Å². The Morgan fingerprint density at radius 3 is 2.65 bits per heavy atom. The van der Waals surface area contributed by atoms with E-state index in [-0.39, 0.29) is 0 Å². The summed E-state index contributed by atoms with van der Waals surface area (Å²) >= 11 is 0. The highest BCUT2D eigenvalue weighted by atomic mass is 14.7. The van der Waals surface area contributed by atoms with Crippen molar-refractivity contribution in [3.05, 3.63) is 41.2 Å². The molecule has 0 spiro atoms. The second-order valence-corrected chi connectivity index (χ2v) is 3.35. The first-order valence-corrected chi connectivity index (χ1v) is 6.08. The zero-order valence-corrected chi connectivity index (χ0v) is 11.0. The summed E-state index contributed by atoms with van der Waals surface area (Å²) in [4.78, 5) is 7.45. The third-order valence-corrected chi connectivity index (χ3v) is 2.41. The first kappa shape index (κ1) is 13.2. The highest BCUT2D eigenvalue weighted by molar-refractivity contribution is 5.80. The average Bonchev–Trinajstić information content (AvgIpc) is 2.76. The minimum absolute atomic E-state index is 1.08. The van der Waals surface area contributed by atoms with E-state index in [4.69, 9.17) is 0 Å². The van der Waals surface area contributed by atoms with Crippen molar-refractivity contribution in [3.63, 3.8) is 0 Å². The Bertz CT molecular complexity index is 603. The molecule has 0 aliphatic carbocycles. The molecule has 2 nitrogen and oxygen atoms in total. The largest absolute Gasteiger partial charge is 0.353 e. The van der Waals surface area contributed by atoms with E-state index in [1.165, 1.54) is 10.6 Å². The van der Waals surface area contributed by atoms with Crippen LogP contribution in [0.1, 0.15) is 27.7 Å². The van der Waals surface area contributed by atoms with Gasteiger partial charge in [-0.15, -0.1) is 0 Å². The molecule has 0 fully saturated rings. The van der Waals surface area contributed by atoms with Crippen LogP contribution >= 0.6 is 0 Å². The lowest BCUT2D eigenvalue weighted by atomic mass is 10.2. The predicted octanol–water partition coefficient (Wildman–Crippen LogP) is 2.75. The monoisotopic (exact) mass is 228 g/mol. The van der Waals surface area contributed by atoms with Gasteiger partial charge in [-0.05, 0) is 26.0 Å². The molecule has 90 valence electrons. The van der Waals surface area contributed by atoms with E-state index in [2.05, 4.69) is 29.0 Å². The lowest BCUT2D eigenvalue weighted by Gasteiger charge is -1.84. The Morgan fingerprint density at radius 1 is 1.24 bits per heavy atom. The van der Waals surface area contributed by atoms with Crippen LogP contribution in [0.3, 0.4) is 0 Å². The van der Waals surface area contributed by atoms with Gasteiger partial charge in [0.25, 0.3) is 0 Å². The van der Waals surface area contributed by atoms with Gasteiger partial charge in [0.15, 0.2) is 0 Å². The van der Waals surface area contributed by atoms with Crippen LogP contribution in [-0.2, 0) is 0 Å². The third kappa shape index (κ3) is 2.84. The fourth-order valence-electron chi connectivity index (χ4n) is 1.72. The number of aromatic nitrogens is 2. The van der Waals surface area contributed by atoms with E-state index < -0.39 is 0 Å². The summed E-state index contributed by atoms with van der Waals surface area (Å²) in [6, 6.07) is 2.04. The van der Waals surface area contributed by atoms with Gasteiger partial charge in [-0.3, -0.25) is 4.98 Å². The van der Waals surface area contributed by atoms with E-state index in [0.29, 0.717) is 0 Å². The van der Waals surface area contributed by atoms with Gasteiger partial charge in [0.05, 0.1) is 11.7 Å². The highest BCUT2D eigenvalue weighted by Crippen LogP contribution is 2.00. The number of allylic oxidation sites excluding steroid dienone is 2. The van der Waals surface area contributed by atoms with E-state index >= 15 is 0 Å². The molecule has 0 atom stereocenters. The van der Waals surface area contributed by atoms with Crippen LogP contribution < -0.4 is 10.6 Å². The number of nitrogens with zero attached hydrogens (tertiary/aromatic N) is 1. The molecule has 0 aromatic carbocycles. The van der Waals surface area contributed by atoms with Gasteiger partial charge in [-0.25, -0.2) is 0 Å². The minimum Gasteiger partial charge on any atom is -0.353 e. The maximum atomic E-state index is 4.10. The molecule has 0 aliphatic heterocycles. The molecule has 0 unspecified atom stereocenters. The summed E-state index contributed by atoms with van der Waals surface area (Å²) in [7, 11) is 0. The molecule has 0 saturated heterocycles. The molecular weight excluding hydrogens is 208 g/mol. The highest BCUT2D eigenvalue weighted by Gasteiger charge is 1.97. The normalized spacial score (nSPS) is 13.2. The number of hydrogen-bond donors (Lipinski definition) is 1. The van der Waals surface area contributed by atoms with Crippen molar-refractivity contribution >= 4 is 23.1 Å². The Morgan fingerprint density at radius 2 is 2.00 bits per heavy atom. The second-order valence-electron chi connectivity index (χ2n) is 3.35.